The topological polar surface area (TPSA) is 54.9 Å². The Kier molecular flexibility index (Phi) is 3.85. The average molecular weight is 339 g/mol. The van der Waals surface area contributed by atoms with Gasteiger partial charge in [-0.2, -0.15) is 0 Å². The van der Waals surface area contributed by atoms with E-state index in [-0.39, 0.29) is 11.9 Å². The molecule has 0 bridgehead atoms. The summed E-state index contributed by atoms with van der Waals surface area (Å²) in [6.45, 7) is 0. The van der Waals surface area contributed by atoms with E-state index in [9.17, 15) is 4.79 Å². The van der Waals surface area contributed by atoms with Gasteiger partial charge in [-0.05, 0) is 22.3 Å². The Bertz CT molecular complexity index is 803. The first-order chi connectivity index (χ1) is 11.3. The molecule has 23 heavy (non-hydrogen) atoms. The van der Waals surface area contributed by atoms with Crippen molar-refractivity contribution in [1.82, 2.24) is 15.5 Å². The lowest BCUT2D eigenvalue weighted by atomic mass is 10.1. The van der Waals surface area contributed by atoms with Gasteiger partial charge in [0.1, 0.15) is 5.51 Å². The molecule has 6 heteroatoms. The second-order valence-electron chi connectivity index (χ2n) is 5.17. The molecule has 2 aromatic carbocycles. The number of nitrogens with one attached hydrogen (secondary N) is 1. The number of hydrogen-bond donors (Lipinski definition) is 1. The van der Waals surface area contributed by atoms with Crippen molar-refractivity contribution in [3.8, 4) is 11.1 Å². The molecule has 1 N–H and O–H groups in total. The van der Waals surface area contributed by atoms with Gasteiger partial charge in [-0.1, -0.05) is 71.6 Å². The third kappa shape index (κ3) is 2.75. The maximum atomic E-state index is 12.3. The lowest BCUT2D eigenvalue weighted by Crippen LogP contribution is -2.29. The normalized spacial score (nSPS) is 12.7. The van der Waals surface area contributed by atoms with Gasteiger partial charge < -0.3 is 5.32 Å². The second kappa shape index (κ2) is 6.14. The summed E-state index contributed by atoms with van der Waals surface area (Å²) in [5.74, 6) is 0.345. The summed E-state index contributed by atoms with van der Waals surface area (Å²) < 4.78 is 0.812. The van der Waals surface area contributed by atoms with Crippen LogP contribution in [0.1, 0.15) is 17.2 Å². The number of aromatic nitrogens is 2. The van der Waals surface area contributed by atoms with E-state index in [2.05, 4.69) is 39.8 Å². The van der Waals surface area contributed by atoms with Crippen LogP contribution >= 0.6 is 23.1 Å². The molecule has 0 unspecified atom stereocenters. The molecule has 4 rings (SSSR count). The number of amides is 1. The predicted molar refractivity (Wildman–Crippen MR) is 92.5 cm³/mol. The van der Waals surface area contributed by atoms with Gasteiger partial charge in [0, 0.05) is 0 Å². The van der Waals surface area contributed by atoms with Crippen LogP contribution in [0.5, 0.6) is 0 Å². The van der Waals surface area contributed by atoms with E-state index < -0.39 is 0 Å². The highest BCUT2D eigenvalue weighted by molar-refractivity contribution is 8.01. The van der Waals surface area contributed by atoms with Gasteiger partial charge >= 0.3 is 0 Å². The molecular weight excluding hydrogens is 326 g/mol. The third-order valence-electron chi connectivity index (χ3n) is 3.81. The van der Waals surface area contributed by atoms with Gasteiger partial charge in [0.2, 0.25) is 5.91 Å². The zero-order valence-corrected chi connectivity index (χ0v) is 13.7. The molecular formula is C17H13N3OS2. The van der Waals surface area contributed by atoms with Crippen molar-refractivity contribution >= 4 is 29.0 Å². The van der Waals surface area contributed by atoms with Crippen LogP contribution in [-0.4, -0.2) is 21.9 Å². The maximum Gasteiger partial charge on any atom is 0.231 e. The fourth-order valence-corrected chi connectivity index (χ4v) is 4.17. The Labute approximate surface area is 142 Å². The summed E-state index contributed by atoms with van der Waals surface area (Å²) >= 11 is 2.86. The van der Waals surface area contributed by atoms with E-state index in [1.54, 1.807) is 5.51 Å². The predicted octanol–water partition coefficient (Wildman–Crippen LogP) is 3.52. The molecule has 0 aliphatic heterocycles. The van der Waals surface area contributed by atoms with Crippen LogP contribution in [0.2, 0.25) is 0 Å². The molecule has 4 nitrogen and oxygen atoms in total. The molecule has 1 amide bonds. The van der Waals surface area contributed by atoms with Crippen molar-refractivity contribution in [2.45, 2.75) is 10.4 Å². The van der Waals surface area contributed by atoms with Crippen LogP contribution in [-0.2, 0) is 4.79 Å². The Morgan fingerprint density at radius 3 is 2.35 bits per heavy atom. The molecule has 114 valence electrons. The molecule has 1 heterocycles. The van der Waals surface area contributed by atoms with Gasteiger partial charge in [0.05, 0.1) is 11.8 Å². The Morgan fingerprint density at radius 2 is 1.74 bits per heavy atom. The van der Waals surface area contributed by atoms with Crippen LogP contribution in [0.25, 0.3) is 11.1 Å². The van der Waals surface area contributed by atoms with Crippen LogP contribution in [0.15, 0.2) is 58.4 Å². The maximum absolute atomic E-state index is 12.3. The number of rotatable bonds is 4. The Morgan fingerprint density at radius 1 is 1.09 bits per heavy atom. The zero-order chi connectivity index (χ0) is 15.6. The SMILES string of the molecule is O=C(CSc1nncs1)NC1c2ccccc2-c2ccccc21. The number of carbonyl (C=O) groups excluding carboxylic acids is 1. The first-order valence-electron chi connectivity index (χ1n) is 7.19. The fraction of sp³-hybridized carbons (Fsp3) is 0.118. The summed E-state index contributed by atoms with van der Waals surface area (Å²) in [5, 5.41) is 10.9. The van der Waals surface area contributed by atoms with Crippen molar-refractivity contribution in [1.29, 1.82) is 0 Å². The third-order valence-corrected chi connectivity index (χ3v) is 5.67. The summed E-state index contributed by atoms with van der Waals surface area (Å²) in [4.78, 5) is 12.3. The zero-order valence-electron chi connectivity index (χ0n) is 12.1. The highest BCUT2D eigenvalue weighted by atomic mass is 32.2. The van der Waals surface area contributed by atoms with Crippen LogP contribution in [0.4, 0.5) is 0 Å². The van der Waals surface area contributed by atoms with Crippen LogP contribution < -0.4 is 5.32 Å². The number of benzene rings is 2. The van der Waals surface area contributed by atoms with Crippen molar-refractivity contribution in [3.63, 3.8) is 0 Å². The lowest BCUT2D eigenvalue weighted by molar-refractivity contribution is -0.119. The number of thioether (sulfide) groups is 1. The molecule has 1 aromatic heterocycles. The minimum Gasteiger partial charge on any atom is -0.344 e. The van der Waals surface area contributed by atoms with Crippen molar-refractivity contribution in [3.05, 3.63) is 65.2 Å². The fourth-order valence-electron chi connectivity index (χ4n) is 2.87. The number of carbonyl (C=O) groups is 1. The molecule has 3 aromatic rings. The molecule has 1 aliphatic rings. The van der Waals surface area contributed by atoms with Gasteiger partial charge in [-0.15, -0.1) is 10.2 Å². The number of fused-ring (bicyclic) bond motifs is 3. The molecule has 0 saturated carbocycles. The van der Waals surface area contributed by atoms with E-state index in [0.29, 0.717) is 5.75 Å². The van der Waals surface area contributed by atoms with Crippen molar-refractivity contribution < 1.29 is 4.79 Å². The van der Waals surface area contributed by atoms with Crippen molar-refractivity contribution in [2.24, 2.45) is 0 Å². The first kappa shape index (κ1) is 14.4. The summed E-state index contributed by atoms with van der Waals surface area (Å²) in [5.41, 5.74) is 6.38. The highest BCUT2D eigenvalue weighted by Crippen LogP contribution is 2.43. The molecule has 0 saturated heterocycles. The van der Waals surface area contributed by atoms with Crippen LogP contribution in [0.3, 0.4) is 0 Å². The van der Waals surface area contributed by atoms with Crippen LogP contribution in [0, 0.1) is 0 Å². The average Bonchev–Trinajstić information content (AvgIpc) is 3.21. The minimum absolute atomic E-state index is 0.00158. The van der Waals surface area contributed by atoms with Crippen molar-refractivity contribution in [2.75, 3.05) is 5.75 Å². The van der Waals surface area contributed by atoms with E-state index in [0.717, 1.165) is 15.5 Å². The first-order valence-corrected chi connectivity index (χ1v) is 9.06. The largest absolute Gasteiger partial charge is 0.344 e. The van der Waals surface area contributed by atoms with Gasteiger partial charge in [-0.25, -0.2) is 0 Å². The van der Waals surface area contributed by atoms with E-state index in [1.165, 1.54) is 34.2 Å². The monoisotopic (exact) mass is 339 g/mol. The molecule has 0 atom stereocenters. The van der Waals surface area contributed by atoms with Gasteiger partial charge in [-0.3, -0.25) is 4.79 Å². The Hall–Kier alpha value is -2.18. The Balaban J connectivity index is 1.55. The number of hydrogen-bond acceptors (Lipinski definition) is 5. The van der Waals surface area contributed by atoms with E-state index >= 15 is 0 Å². The van der Waals surface area contributed by atoms with Gasteiger partial charge in [0.25, 0.3) is 0 Å². The standard InChI is InChI=1S/C17H13N3OS2/c21-15(9-22-17-20-18-10-23-17)19-16-13-7-3-1-5-11(13)12-6-2-4-8-14(12)16/h1-8,10,16H,9H2,(H,19,21). The number of nitrogens with zero attached hydrogens (tertiary/aromatic N) is 2. The van der Waals surface area contributed by atoms with E-state index in [4.69, 9.17) is 0 Å². The van der Waals surface area contributed by atoms with Gasteiger partial charge in [0.15, 0.2) is 4.34 Å². The lowest BCUT2D eigenvalue weighted by Gasteiger charge is -2.15. The summed E-state index contributed by atoms with van der Waals surface area (Å²) in [7, 11) is 0. The summed E-state index contributed by atoms with van der Waals surface area (Å²) in [6, 6.07) is 16.4. The molecule has 0 spiro atoms. The molecule has 0 fully saturated rings. The highest BCUT2D eigenvalue weighted by Gasteiger charge is 2.28. The van der Waals surface area contributed by atoms with E-state index in [1.807, 2.05) is 24.3 Å². The quantitative estimate of drug-likeness (QED) is 0.739. The smallest absolute Gasteiger partial charge is 0.231 e. The molecule has 1 aliphatic carbocycles. The molecule has 0 radical (unpaired) electrons. The minimum atomic E-state index is -0.0788. The second-order valence-corrected chi connectivity index (χ2v) is 7.22. The summed E-state index contributed by atoms with van der Waals surface area (Å²) in [6.07, 6.45) is 0.